The van der Waals surface area contributed by atoms with Crippen LogP contribution < -0.4 is 11.1 Å². The fourth-order valence-electron chi connectivity index (χ4n) is 3.09. The fraction of sp³-hybridized carbons (Fsp3) is 0.174. The van der Waals surface area contributed by atoms with Gasteiger partial charge in [0, 0.05) is 42.1 Å². The number of carbonyl (C=O) groups is 1. The van der Waals surface area contributed by atoms with Gasteiger partial charge in [-0.25, -0.2) is 9.97 Å². The van der Waals surface area contributed by atoms with Crippen LogP contribution in [0.15, 0.2) is 59.7 Å². The Morgan fingerprint density at radius 3 is 2.58 bits per heavy atom. The molecule has 1 aromatic heterocycles. The maximum absolute atomic E-state index is 13.5. The van der Waals surface area contributed by atoms with Gasteiger partial charge in [-0.1, -0.05) is 30.3 Å². The Morgan fingerprint density at radius 1 is 1.21 bits per heavy atom. The van der Waals surface area contributed by atoms with E-state index in [9.17, 15) is 18.0 Å². The van der Waals surface area contributed by atoms with Gasteiger partial charge in [-0.05, 0) is 18.2 Å². The summed E-state index contributed by atoms with van der Waals surface area (Å²) in [6, 6.07) is 12.0. The Balaban J connectivity index is 1.99. The van der Waals surface area contributed by atoms with E-state index in [1.807, 2.05) is 6.07 Å². The van der Waals surface area contributed by atoms with Gasteiger partial charge in [0.1, 0.15) is 5.82 Å². The molecule has 0 saturated carbocycles. The zero-order chi connectivity index (χ0) is 24.0. The van der Waals surface area contributed by atoms with Gasteiger partial charge in [-0.15, -0.1) is 0 Å². The number of aliphatic imine (C=N–C) groups is 1. The van der Waals surface area contributed by atoms with E-state index in [0.29, 0.717) is 17.1 Å². The Labute approximate surface area is 188 Å². The Hall–Kier alpha value is -3.92. The molecular weight excluding hydrogens is 433 g/mol. The number of nitrogens with two attached hydrogens (primary N) is 1. The number of hydrogen-bond acceptors (Lipinski definition) is 6. The third-order valence-electron chi connectivity index (χ3n) is 4.71. The van der Waals surface area contributed by atoms with Crippen LogP contribution in [0, 0.1) is 5.41 Å². The van der Waals surface area contributed by atoms with Crippen molar-refractivity contribution in [1.29, 1.82) is 5.41 Å². The lowest BCUT2D eigenvalue weighted by Crippen LogP contribution is -2.18. The molecule has 7 nitrogen and oxygen atoms in total. The SMILES string of the molecule is CN=CCC(=N)c1cc(C(=O)Nc2cnc(CN)nc2-c2ccccc2)ccc1C(F)(F)F. The van der Waals surface area contributed by atoms with E-state index in [4.69, 9.17) is 11.1 Å². The number of amides is 1. The highest BCUT2D eigenvalue weighted by Crippen LogP contribution is 2.33. The van der Waals surface area contributed by atoms with Crippen molar-refractivity contribution < 1.29 is 18.0 Å². The zero-order valence-electron chi connectivity index (χ0n) is 17.6. The predicted octanol–water partition coefficient (Wildman–Crippen LogP) is 4.33. The first kappa shape index (κ1) is 23.7. The number of rotatable bonds is 7. The molecule has 0 atom stereocenters. The Morgan fingerprint density at radius 2 is 1.94 bits per heavy atom. The minimum atomic E-state index is -4.67. The molecular formula is C23H21F3N6O. The van der Waals surface area contributed by atoms with Crippen molar-refractivity contribution in [3.63, 3.8) is 0 Å². The molecule has 0 fully saturated rings. The Bertz CT molecular complexity index is 1190. The van der Waals surface area contributed by atoms with Gasteiger partial charge < -0.3 is 21.5 Å². The molecule has 0 radical (unpaired) electrons. The number of carbonyl (C=O) groups excluding carboxylic acids is 1. The third kappa shape index (κ3) is 5.66. The van der Waals surface area contributed by atoms with E-state index >= 15 is 0 Å². The molecule has 3 rings (SSSR count). The summed E-state index contributed by atoms with van der Waals surface area (Å²) in [5.41, 5.74) is 5.33. The quantitative estimate of drug-likeness (QED) is 0.461. The molecule has 0 aliphatic carbocycles. The number of hydrogen-bond donors (Lipinski definition) is 3. The van der Waals surface area contributed by atoms with Crippen LogP contribution in [0.4, 0.5) is 18.9 Å². The van der Waals surface area contributed by atoms with Crippen LogP contribution in [-0.2, 0) is 12.7 Å². The average Bonchev–Trinajstić information content (AvgIpc) is 2.82. The zero-order valence-corrected chi connectivity index (χ0v) is 17.6. The summed E-state index contributed by atoms with van der Waals surface area (Å²) < 4.78 is 40.4. The van der Waals surface area contributed by atoms with Crippen molar-refractivity contribution in [3.05, 3.63) is 77.2 Å². The number of aromatic nitrogens is 2. The molecule has 0 aliphatic heterocycles. The van der Waals surface area contributed by atoms with E-state index < -0.39 is 17.6 Å². The molecule has 0 aliphatic rings. The van der Waals surface area contributed by atoms with Crippen molar-refractivity contribution in [2.75, 3.05) is 12.4 Å². The predicted molar refractivity (Wildman–Crippen MR) is 121 cm³/mol. The largest absolute Gasteiger partial charge is 0.417 e. The molecule has 0 bridgehead atoms. The first-order valence-corrected chi connectivity index (χ1v) is 9.87. The smallest absolute Gasteiger partial charge is 0.324 e. The van der Waals surface area contributed by atoms with Crippen molar-refractivity contribution in [3.8, 4) is 11.3 Å². The van der Waals surface area contributed by atoms with E-state index in [1.54, 1.807) is 24.3 Å². The third-order valence-corrected chi connectivity index (χ3v) is 4.71. The first-order valence-electron chi connectivity index (χ1n) is 9.87. The van der Waals surface area contributed by atoms with Crippen LogP contribution in [-0.4, -0.2) is 34.8 Å². The molecule has 1 amide bonds. The summed E-state index contributed by atoms with van der Waals surface area (Å²) in [5.74, 6) is -0.294. The van der Waals surface area contributed by atoms with Crippen molar-refractivity contribution in [2.24, 2.45) is 10.7 Å². The van der Waals surface area contributed by atoms with Gasteiger partial charge in [0.05, 0.1) is 29.7 Å². The summed E-state index contributed by atoms with van der Waals surface area (Å²) in [7, 11) is 1.46. The number of nitrogens with zero attached hydrogens (tertiary/aromatic N) is 3. The highest BCUT2D eigenvalue weighted by Gasteiger charge is 2.34. The van der Waals surface area contributed by atoms with Crippen LogP contribution in [0.25, 0.3) is 11.3 Å². The van der Waals surface area contributed by atoms with Gasteiger partial charge in [-0.3, -0.25) is 4.79 Å². The normalized spacial score (nSPS) is 11.5. The first-order chi connectivity index (χ1) is 15.7. The molecule has 0 spiro atoms. The van der Waals surface area contributed by atoms with Crippen LogP contribution in [0.2, 0.25) is 0 Å². The number of alkyl halides is 3. The van der Waals surface area contributed by atoms with E-state index in [2.05, 4.69) is 20.3 Å². The van der Waals surface area contributed by atoms with Crippen molar-refractivity contribution in [1.82, 2.24) is 9.97 Å². The highest BCUT2D eigenvalue weighted by molar-refractivity contribution is 6.10. The van der Waals surface area contributed by atoms with Gasteiger partial charge in [0.15, 0.2) is 0 Å². The maximum Gasteiger partial charge on any atom is 0.417 e. The van der Waals surface area contributed by atoms with Gasteiger partial charge >= 0.3 is 6.18 Å². The molecule has 10 heteroatoms. The molecule has 0 saturated heterocycles. The lowest BCUT2D eigenvalue weighted by molar-refractivity contribution is -0.137. The Kier molecular flexibility index (Phi) is 7.29. The lowest BCUT2D eigenvalue weighted by atomic mass is 9.97. The molecule has 33 heavy (non-hydrogen) atoms. The molecule has 3 aromatic rings. The molecule has 4 N–H and O–H groups in total. The van der Waals surface area contributed by atoms with Gasteiger partial charge in [0.2, 0.25) is 0 Å². The molecule has 170 valence electrons. The summed E-state index contributed by atoms with van der Waals surface area (Å²) in [5, 5.41) is 10.7. The van der Waals surface area contributed by atoms with E-state index in [1.165, 1.54) is 19.5 Å². The number of benzene rings is 2. The number of anilines is 1. The summed E-state index contributed by atoms with van der Waals surface area (Å²) >= 11 is 0. The van der Waals surface area contributed by atoms with Gasteiger partial charge in [0.25, 0.3) is 5.91 Å². The summed E-state index contributed by atoms with van der Waals surface area (Å²) in [4.78, 5) is 25.1. The minimum Gasteiger partial charge on any atom is -0.324 e. The molecule has 1 heterocycles. The summed E-state index contributed by atoms with van der Waals surface area (Å²) in [6.45, 7) is 0.0967. The molecule has 0 unspecified atom stereocenters. The second-order valence-corrected chi connectivity index (χ2v) is 6.95. The second-order valence-electron chi connectivity index (χ2n) is 6.95. The standard InChI is InChI=1S/C23H21F3N6O/c1-29-10-9-18(28)16-11-15(7-8-17(16)23(24,25)26)22(33)31-19-13-30-20(12-27)32-21(19)14-5-3-2-4-6-14/h2-8,10-11,13,28H,9,12,27H2,1H3,(H,31,33). The average molecular weight is 454 g/mol. The monoisotopic (exact) mass is 454 g/mol. The van der Waals surface area contributed by atoms with Crippen LogP contribution in [0.3, 0.4) is 0 Å². The summed E-state index contributed by atoms with van der Waals surface area (Å²) in [6.07, 6.45) is -2.04. The molecule has 2 aromatic carbocycles. The number of halogens is 3. The van der Waals surface area contributed by atoms with Crippen LogP contribution in [0.5, 0.6) is 0 Å². The maximum atomic E-state index is 13.5. The van der Waals surface area contributed by atoms with Crippen LogP contribution >= 0.6 is 0 Å². The second kappa shape index (κ2) is 10.1. The van der Waals surface area contributed by atoms with Crippen molar-refractivity contribution >= 4 is 23.5 Å². The number of nitrogens with one attached hydrogen (secondary N) is 2. The highest BCUT2D eigenvalue weighted by atomic mass is 19.4. The van der Waals surface area contributed by atoms with Crippen molar-refractivity contribution in [2.45, 2.75) is 19.1 Å². The van der Waals surface area contributed by atoms with Crippen LogP contribution in [0.1, 0.15) is 33.7 Å². The van der Waals surface area contributed by atoms with E-state index in [0.717, 1.165) is 18.2 Å². The lowest BCUT2D eigenvalue weighted by Gasteiger charge is -2.15. The van der Waals surface area contributed by atoms with Gasteiger partial charge in [-0.2, -0.15) is 13.2 Å². The fourth-order valence-corrected chi connectivity index (χ4v) is 3.09. The van der Waals surface area contributed by atoms with E-state index in [-0.39, 0.29) is 35.5 Å². The topological polar surface area (TPSA) is 117 Å². The minimum absolute atomic E-state index is 0.0434.